The van der Waals surface area contributed by atoms with Crippen molar-refractivity contribution in [2.75, 3.05) is 6.61 Å². The maximum Gasteiger partial charge on any atom is 0.306 e. The smallest absolute Gasteiger partial charge is 0.306 e. The van der Waals surface area contributed by atoms with E-state index >= 15 is 0 Å². The van der Waals surface area contributed by atoms with Crippen LogP contribution in [-0.2, 0) is 14.3 Å². The molecular weight excluding hydrogens is 246 g/mol. The zero-order chi connectivity index (χ0) is 13.4. The fraction of sp³-hybridized carbons (Fsp3) is 0.429. The van der Waals surface area contributed by atoms with Gasteiger partial charge >= 0.3 is 5.97 Å². The van der Waals surface area contributed by atoms with E-state index in [1.165, 1.54) is 0 Å². The molecule has 0 bridgehead atoms. The molecule has 5 nitrogen and oxygen atoms in total. The standard InChI is InChI=1S/C14H15NO4/c1-2-18-11(16)7-9-12-8-5-3-4-6-10(8)19-14(12)15-13(9)17/h3-6,9,12,14H,2,7H2,1H3,(H,15,17). The normalized spacial score (nSPS) is 27.2. The Morgan fingerprint density at radius 3 is 3.00 bits per heavy atom. The van der Waals surface area contributed by atoms with Crippen molar-refractivity contribution >= 4 is 11.9 Å². The number of ether oxygens (including phenoxy) is 2. The lowest BCUT2D eigenvalue weighted by Crippen LogP contribution is -2.30. The van der Waals surface area contributed by atoms with Gasteiger partial charge in [0.2, 0.25) is 5.91 Å². The quantitative estimate of drug-likeness (QED) is 0.830. The van der Waals surface area contributed by atoms with Crippen LogP contribution in [0.5, 0.6) is 5.75 Å². The lowest BCUT2D eigenvalue weighted by molar-refractivity contribution is -0.146. The van der Waals surface area contributed by atoms with Gasteiger partial charge in [0.25, 0.3) is 0 Å². The first-order chi connectivity index (χ1) is 9.20. The van der Waals surface area contributed by atoms with Crippen molar-refractivity contribution in [2.24, 2.45) is 5.92 Å². The summed E-state index contributed by atoms with van der Waals surface area (Å²) in [6.07, 6.45) is -0.261. The van der Waals surface area contributed by atoms with Crippen LogP contribution >= 0.6 is 0 Å². The van der Waals surface area contributed by atoms with E-state index in [1.807, 2.05) is 24.3 Å². The van der Waals surface area contributed by atoms with Crippen molar-refractivity contribution in [1.82, 2.24) is 5.32 Å². The summed E-state index contributed by atoms with van der Waals surface area (Å²) < 4.78 is 10.6. The third kappa shape index (κ3) is 1.95. The number of carbonyl (C=O) groups excluding carboxylic acids is 2. The molecule has 5 heteroatoms. The van der Waals surface area contributed by atoms with Gasteiger partial charge in [-0.15, -0.1) is 0 Å². The summed E-state index contributed by atoms with van der Waals surface area (Å²) in [4.78, 5) is 23.5. The van der Waals surface area contributed by atoms with Gasteiger partial charge in [0.1, 0.15) is 5.75 Å². The molecule has 2 aliphatic rings. The van der Waals surface area contributed by atoms with Crippen LogP contribution in [0.25, 0.3) is 0 Å². The Kier molecular flexibility index (Phi) is 2.89. The van der Waals surface area contributed by atoms with Gasteiger partial charge in [-0.2, -0.15) is 0 Å². The Bertz CT molecular complexity index is 528. The predicted molar refractivity (Wildman–Crippen MR) is 66.5 cm³/mol. The van der Waals surface area contributed by atoms with E-state index in [4.69, 9.17) is 9.47 Å². The monoisotopic (exact) mass is 261 g/mol. The van der Waals surface area contributed by atoms with Gasteiger partial charge < -0.3 is 14.8 Å². The van der Waals surface area contributed by atoms with Gasteiger partial charge in [0.15, 0.2) is 6.23 Å². The van der Waals surface area contributed by atoms with E-state index in [-0.39, 0.29) is 30.4 Å². The van der Waals surface area contributed by atoms with E-state index in [0.717, 1.165) is 11.3 Å². The van der Waals surface area contributed by atoms with Crippen LogP contribution in [0.3, 0.4) is 0 Å². The van der Waals surface area contributed by atoms with Crippen molar-refractivity contribution in [3.63, 3.8) is 0 Å². The zero-order valence-electron chi connectivity index (χ0n) is 10.6. The highest BCUT2D eigenvalue weighted by Gasteiger charge is 2.50. The lowest BCUT2D eigenvalue weighted by Gasteiger charge is -2.13. The number of para-hydroxylation sites is 1. The van der Waals surface area contributed by atoms with Crippen molar-refractivity contribution in [3.8, 4) is 5.75 Å². The number of nitrogens with one attached hydrogen (secondary N) is 1. The first-order valence-corrected chi connectivity index (χ1v) is 6.42. The SMILES string of the molecule is CCOC(=O)CC1C(=O)NC2Oc3ccccc3C21. The predicted octanol–water partition coefficient (Wildman–Crippen LogP) is 1.19. The van der Waals surface area contributed by atoms with E-state index in [1.54, 1.807) is 6.92 Å². The molecule has 100 valence electrons. The number of rotatable bonds is 3. The summed E-state index contributed by atoms with van der Waals surface area (Å²) in [5, 5.41) is 2.79. The minimum atomic E-state index is -0.410. The maximum atomic E-state index is 11.9. The zero-order valence-corrected chi connectivity index (χ0v) is 10.6. The van der Waals surface area contributed by atoms with Crippen LogP contribution < -0.4 is 10.1 Å². The Morgan fingerprint density at radius 1 is 1.42 bits per heavy atom. The molecule has 1 N–H and O–H groups in total. The number of carbonyl (C=O) groups is 2. The molecule has 3 rings (SSSR count). The molecule has 1 aromatic carbocycles. The highest BCUT2D eigenvalue weighted by Crippen LogP contribution is 2.45. The molecule has 0 aromatic heterocycles. The van der Waals surface area contributed by atoms with E-state index in [0.29, 0.717) is 6.61 Å². The van der Waals surface area contributed by atoms with Crippen molar-refractivity contribution in [3.05, 3.63) is 29.8 Å². The van der Waals surface area contributed by atoms with Crippen LogP contribution in [0.4, 0.5) is 0 Å². The first-order valence-electron chi connectivity index (χ1n) is 6.42. The second-order valence-corrected chi connectivity index (χ2v) is 4.73. The molecule has 0 saturated carbocycles. The summed E-state index contributed by atoms with van der Waals surface area (Å²) >= 11 is 0. The van der Waals surface area contributed by atoms with Crippen molar-refractivity contribution in [2.45, 2.75) is 25.5 Å². The van der Waals surface area contributed by atoms with Crippen LogP contribution in [-0.4, -0.2) is 24.7 Å². The summed E-state index contributed by atoms with van der Waals surface area (Å²) in [6.45, 7) is 2.08. The fourth-order valence-electron chi connectivity index (χ4n) is 2.81. The van der Waals surface area contributed by atoms with E-state index in [2.05, 4.69) is 5.32 Å². The maximum absolute atomic E-state index is 11.9. The number of hydrogen-bond acceptors (Lipinski definition) is 4. The molecule has 1 fully saturated rings. The Morgan fingerprint density at radius 2 is 2.21 bits per heavy atom. The van der Waals surface area contributed by atoms with Gasteiger partial charge in [-0.25, -0.2) is 0 Å². The van der Waals surface area contributed by atoms with Crippen LogP contribution in [0, 0.1) is 5.92 Å². The van der Waals surface area contributed by atoms with Gasteiger partial charge in [-0.3, -0.25) is 9.59 Å². The molecule has 1 aromatic rings. The minimum Gasteiger partial charge on any atom is -0.470 e. The summed E-state index contributed by atoms with van der Waals surface area (Å²) in [6, 6.07) is 7.62. The number of amides is 1. The van der Waals surface area contributed by atoms with Crippen LogP contribution in [0.15, 0.2) is 24.3 Å². The van der Waals surface area contributed by atoms with E-state index in [9.17, 15) is 9.59 Å². The molecule has 0 aliphatic carbocycles. The van der Waals surface area contributed by atoms with Gasteiger partial charge in [-0.1, -0.05) is 18.2 Å². The van der Waals surface area contributed by atoms with Gasteiger partial charge in [0.05, 0.1) is 24.9 Å². The molecule has 19 heavy (non-hydrogen) atoms. The second-order valence-electron chi connectivity index (χ2n) is 4.73. The van der Waals surface area contributed by atoms with Crippen molar-refractivity contribution in [1.29, 1.82) is 0 Å². The molecule has 3 unspecified atom stereocenters. The lowest BCUT2D eigenvalue weighted by atomic mass is 9.86. The second kappa shape index (κ2) is 4.57. The fourth-order valence-corrected chi connectivity index (χ4v) is 2.81. The summed E-state index contributed by atoms with van der Waals surface area (Å²) in [5.41, 5.74) is 0.986. The minimum absolute atomic E-state index is 0.0958. The summed E-state index contributed by atoms with van der Waals surface area (Å²) in [7, 11) is 0. The molecule has 2 heterocycles. The largest absolute Gasteiger partial charge is 0.470 e. The Balaban J connectivity index is 1.85. The number of hydrogen-bond donors (Lipinski definition) is 1. The molecule has 0 radical (unpaired) electrons. The average molecular weight is 261 g/mol. The van der Waals surface area contributed by atoms with Gasteiger partial charge in [0, 0.05) is 5.56 Å². The highest BCUT2D eigenvalue weighted by atomic mass is 16.5. The van der Waals surface area contributed by atoms with Crippen LogP contribution in [0.2, 0.25) is 0 Å². The molecule has 1 amide bonds. The molecule has 3 atom stereocenters. The third-order valence-electron chi connectivity index (χ3n) is 3.60. The number of fused-ring (bicyclic) bond motifs is 3. The molecule has 2 aliphatic heterocycles. The number of benzene rings is 1. The van der Waals surface area contributed by atoms with Gasteiger partial charge in [-0.05, 0) is 13.0 Å². The molecule has 1 saturated heterocycles. The summed E-state index contributed by atoms with van der Waals surface area (Å²) in [5.74, 6) is -0.211. The Hall–Kier alpha value is -2.04. The van der Waals surface area contributed by atoms with E-state index < -0.39 is 5.92 Å². The molecular formula is C14H15NO4. The number of esters is 1. The topological polar surface area (TPSA) is 64.6 Å². The first kappa shape index (κ1) is 12.0. The van der Waals surface area contributed by atoms with Crippen LogP contribution in [0.1, 0.15) is 24.8 Å². The highest BCUT2D eigenvalue weighted by molar-refractivity contribution is 5.87. The molecule has 0 spiro atoms. The van der Waals surface area contributed by atoms with Crippen molar-refractivity contribution < 1.29 is 19.1 Å². The Labute approximate surface area is 110 Å². The third-order valence-corrected chi connectivity index (χ3v) is 3.60. The average Bonchev–Trinajstić information content (AvgIpc) is 2.87.